The van der Waals surface area contributed by atoms with E-state index in [1.165, 1.54) is 12.0 Å². The smallest absolute Gasteiger partial charge is 0.325 e. The Morgan fingerprint density at radius 2 is 1.90 bits per heavy atom. The third-order valence-electron chi connectivity index (χ3n) is 2.78. The van der Waals surface area contributed by atoms with E-state index in [0.29, 0.717) is 13.2 Å². The summed E-state index contributed by atoms with van der Waals surface area (Å²) in [5.74, 6) is -1.04. The van der Waals surface area contributed by atoms with Crippen LogP contribution in [0.2, 0.25) is 0 Å². The van der Waals surface area contributed by atoms with E-state index in [2.05, 4.69) is 0 Å². The predicted octanol–water partition coefficient (Wildman–Crippen LogP) is 1.67. The molecule has 0 heterocycles. The highest BCUT2D eigenvalue weighted by Gasteiger charge is 2.22. The molecule has 0 spiro atoms. The number of urea groups is 1. The van der Waals surface area contributed by atoms with Crippen molar-refractivity contribution in [2.24, 2.45) is 0 Å². The van der Waals surface area contributed by atoms with Crippen molar-refractivity contribution in [2.45, 2.75) is 6.92 Å². The van der Waals surface area contributed by atoms with Crippen molar-refractivity contribution in [3.63, 3.8) is 0 Å². The number of carbonyl (C=O) groups excluding carboxylic acids is 1. The molecule has 0 bridgehead atoms. The molecule has 6 heteroatoms. The van der Waals surface area contributed by atoms with E-state index in [-0.39, 0.29) is 19.1 Å². The molecular weight excluding hydrogens is 260 g/mol. The average Bonchev–Trinajstić information content (AvgIpc) is 2.45. The highest BCUT2D eigenvalue weighted by molar-refractivity contribution is 5.93. The fourth-order valence-electron chi connectivity index (χ4n) is 1.81. The van der Waals surface area contributed by atoms with Gasteiger partial charge in [-0.15, -0.1) is 0 Å². The van der Waals surface area contributed by atoms with E-state index in [4.69, 9.17) is 9.84 Å². The van der Waals surface area contributed by atoms with Gasteiger partial charge in [-0.05, 0) is 19.1 Å². The van der Waals surface area contributed by atoms with Crippen molar-refractivity contribution in [1.29, 1.82) is 0 Å². The SMILES string of the molecule is CCN(C(=O)N(CCOC)CC(=O)O)c1ccccc1. The molecule has 0 atom stereocenters. The highest BCUT2D eigenvalue weighted by atomic mass is 16.5. The van der Waals surface area contributed by atoms with Gasteiger partial charge >= 0.3 is 12.0 Å². The molecule has 0 aromatic heterocycles. The highest BCUT2D eigenvalue weighted by Crippen LogP contribution is 2.15. The molecular formula is C14H20N2O4. The number of para-hydroxylation sites is 1. The lowest BCUT2D eigenvalue weighted by atomic mass is 10.3. The Hall–Kier alpha value is -2.08. The molecule has 0 aliphatic heterocycles. The Bertz CT molecular complexity index is 436. The first-order valence-electron chi connectivity index (χ1n) is 6.42. The van der Waals surface area contributed by atoms with E-state index in [1.54, 1.807) is 4.90 Å². The van der Waals surface area contributed by atoms with Crippen molar-refractivity contribution in [3.8, 4) is 0 Å². The second-order valence-electron chi connectivity index (χ2n) is 4.17. The third-order valence-corrected chi connectivity index (χ3v) is 2.78. The Morgan fingerprint density at radius 3 is 2.40 bits per heavy atom. The number of ether oxygens (including phenoxy) is 1. The van der Waals surface area contributed by atoms with Gasteiger partial charge in [0.1, 0.15) is 6.54 Å². The van der Waals surface area contributed by atoms with Gasteiger partial charge < -0.3 is 14.7 Å². The summed E-state index contributed by atoms with van der Waals surface area (Å²) in [5.41, 5.74) is 0.743. The van der Waals surface area contributed by atoms with E-state index in [0.717, 1.165) is 5.69 Å². The molecule has 1 N–H and O–H groups in total. The van der Waals surface area contributed by atoms with Crippen LogP contribution in [0.3, 0.4) is 0 Å². The van der Waals surface area contributed by atoms with Crippen LogP contribution in [0.25, 0.3) is 0 Å². The van der Waals surface area contributed by atoms with Gasteiger partial charge in [0.15, 0.2) is 0 Å². The van der Waals surface area contributed by atoms with Crippen molar-refractivity contribution < 1.29 is 19.4 Å². The molecule has 0 saturated heterocycles. The standard InChI is InChI=1S/C14H20N2O4/c1-3-16(12-7-5-4-6-8-12)14(19)15(9-10-20-2)11-13(17)18/h4-8H,3,9-11H2,1-2H3,(H,17,18). The first-order chi connectivity index (χ1) is 9.60. The number of rotatable bonds is 7. The molecule has 1 aromatic rings. The second kappa shape index (κ2) is 8.16. The molecule has 0 saturated carbocycles. The topological polar surface area (TPSA) is 70.1 Å². The fraction of sp³-hybridized carbons (Fsp3) is 0.429. The molecule has 20 heavy (non-hydrogen) atoms. The summed E-state index contributed by atoms with van der Waals surface area (Å²) in [6.07, 6.45) is 0. The molecule has 0 radical (unpaired) electrons. The van der Waals surface area contributed by atoms with Gasteiger partial charge in [-0.2, -0.15) is 0 Å². The van der Waals surface area contributed by atoms with E-state index in [9.17, 15) is 9.59 Å². The Morgan fingerprint density at radius 1 is 1.25 bits per heavy atom. The molecule has 1 rings (SSSR count). The molecule has 0 unspecified atom stereocenters. The van der Waals surface area contributed by atoms with Crippen LogP contribution in [0, 0.1) is 0 Å². The number of carboxylic acid groups (broad SMARTS) is 1. The minimum atomic E-state index is -1.04. The van der Waals surface area contributed by atoms with Gasteiger partial charge in [-0.25, -0.2) is 4.79 Å². The summed E-state index contributed by atoms with van der Waals surface area (Å²) < 4.78 is 4.92. The average molecular weight is 280 g/mol. The minimum absolute atomic E-state index is 0.241. The summed E-state index contributed by atoms with van der Waals surface area (Å²) in [7, 11) is 1.51. The van der Waals surface area contributed by atoms with Crippen LogP contribution in [0.1, 0.15) is 6.92 Å². The van der Waals surface area contributed by atoms with Crippen LogP contribution >= 0.6 is 0 Å². The van der Waals surface area contributed by atoms with E-state index >= 15 is 0 Å². The number of benzene rings is 1. The number of carbonyl (C=O) groups is 2. The summed E-state index contributed by atoms with van der Waals surface area (Å²) in [5, 5.41) is 8.90. The largest absolute Gasteiger partial charge is 0.480 e. The zero-order valence-corrected chi connectivity index (χ0v) is 11.8. The van der Waals surface area contributed by atoms with Crippen molar-refractivity contribution in [2.75, 3.05) is 38.3 Å². The van der Waals surface area contributed by atoms with Gasteiger partial charge in [0.25, 0.3) is 0 Å². The Kier molecular flexibility index (Phi) is 6.52. The lowest BCUT2D eigenvalue weighted by Gasteiger charge is -2.28. The van der Waals surface area contributed by atoms with Crippen molar-refractivity contribution in [3.05, 3.63) is 30.3 Å². The second-order valence-corrected chi connectivity index (χ2v) is 4.17. The zero-order chi connectivity index (χ0) is 15.0. The third kappa shape index (κ3) is 4.55. The quantitative estimate of drug-likeness (QED) is 0.824. The molecule has 0 fully saturated rings. The van der Waals surface area contributed by atoms with Crippen LogP contribution in [-0.2, 0) is 9.53 Å². The molecule has 110 valence electrons. The number of anilines is 1. The van der Waals surface area contributed by atoms with E-state index < -0.39 is 5.97 Å². The molecule has 6 nitrogen and oxygen atoms in total. The van der Waals surface area contributed by atoms with Gasteiger partial charge in [0.2, 0.25) is 0 Å². The van der Waals surface area contributed by atoms with Crippen LogP contribution < -0.4 is 4.90 Å². The van der Waals surface area contributed by atoms with Crippen LogP contribution in [0.4, 0.5) is 10.5 Å². The van der Waals surface area contributed by atoms with Crippen molar-refractivity contribution >= 4 is 17.7 Å². The maximum Gasteiger partial charge on any atom is 0.325 e. The van der Waals surface area contributed by atoms with Gasteiger partial charge in [0.05, 0.1) is 6.61 Å². The Balaban J connectivity index is 2.87. The van der Waals surface area contributed by atoms with Crippen LogP contribution in [0.15, 0.2) is 30.3 Å². The lowest BCUT2D eigenvalue weighted by Crippen LogP contribution is -2.46. The maximum atomic E-state index is 12.4. The number of amides is 2. The van der Waals surface area contributed by atoms with Crippen molar-refractivity contribution in [1.82, 2.24) is 4.90 Å². The number of methoxy groups -OCH3 is 1. The Labute approximate surface area is 118 Å². The summed E-state index contributed by atoms with van der Waals surface area (Å²) >= 11 is 0. The summed E-state index contributed by atoms with van der Waals surface area (Å²) in [6, 6.07) is 8.83. The summed E-state index contributed by atoms with van der Waals surface area (Å²) in [4.78, 5) is 26.1. The summed E-state index contributed by atoms with van der Waals surface area (Å²) in [6.45, 7) is 2.51. The number of nitrogens with zero attached hydrogens (tertiary/aromatic N) is 2. The van der Waals surface area contributed by atoms with Gasteiger partial charge in [-0.1, -0.05) is 18.2 Å². The van der Waals surface area contributed by atoms with Gasteiger partial charge in [0, 0.05) is 25.9 Å². The molecule has 0 aliphatic carbocycles. The molecule has 1 aromatic carbocycles. The number of hydrogen-bond donors (Lipinski definition) is 1. The normalized spacial score (nSPS) is 10.1. The fourth-order valence-corrected chi connectivity index (χ4v) is 1.81. The first kappa shape index (κ1) is 16.0. The predicted molar refractivity (Wildman–Crippen MR) is 75.9 cm³/mol. The van der Waals surface area contributed by atoms with E-state index in [1.807, 2.05) is 37.3 Å². The first-order valence-corrected chi connectivity index (χ1v) is 6.42. The minimum Gasteiger partial charge on any atom is -0.480 e. The zero-order valence-electron chi connectivity index (χ0n) is 11.8. The van der Waals surface area contributed by atoms with Gasteiger partial charge in [-0.3, -0.25) is 9.69 Å². The monoisotopic (exact) mass is 280 g/mol. The maximum absolute atomic E-state index is 12.4. The molecule has 2 amide bonds. The lowest BCUT2D eigenvalue weighted by molar-refractivity contribution is -0.137. The van der Waals surface area contributed by atoms with Crippen LogP contribution in [0.5, 0.6) is 0 Å². The molecule has 0 aliphatic rings. The number of aliphatic carboxylic acids is 1. The number of hydrogen-bond acceptors (Lipinski definition) is 3. The number of carboxylic acids is 1. The van der Waals surface area contributed by atoms with Crippen LogP contribution in [-0.4, -0.2) is 55.4 Å².